The van der Waals surface area contributed by atoms with Crippen molar-refractivity contribution in [3.63, 3.8) is 0 Å². The summed E-state index contributed by atoms with van der Waals surface area (Å²) < 4.78 is 5.97. The zero-order valence-corrected chi connectivity index (χ0v) is 13.3. The molecule has 3 fully saturated rings. The number of hydrogen-bond acceptors (Lipinski definition) is 4. The smallest absolute Gasteiger partial charge is 0.0829 e. The molecule has 0 spiro atoms. The molecule has 2 aliphatic heterocycles. The largest absolute Gasteiger partial charge is 0.374 e. The third-order valence-corrected chi connectivity index (χ3v) is 5.04. The molecule has 1 aliphatic carbocycles. The lowest BCUT2D eigenvalue weighted by atomic mass is 10.2. The van der Waals surface area contributed by atoms with Crippen molar-refractivity contribution in [2.45, 2.75) is 38.8 Å². The molecule has 116 valence electrons. The summed E-state index contributed by atoms with van der Waals surface area (Å²) in [4.78, 5) is 7.83. The highest BCUT2D eigenvalue weighted by molar-refractivity contribution is 4.83. The van der Waals surface area contributed by atoms with Gasteiger partial charge in [-0.2, -0.15) is 0 Å². The van der Waals surface area contributed by atoms with Crippen LogP contribution in [0.3, 0.4) is 0 Å². The van der Waals surface area contributed by atoms with Crippen LogP contribution in [0.25, 0.3) is 0 Å². The van der Waals surface area contributed by atoms with Crippen molar-refractivity contribution in [2.75, 3.05) is 59.0 Å². The minimum atomic E-state index is 0.418. The Hall–Kier alpha value is -0.160. The van der Waals surface area contributed by atoms with Crippen LogP contribution in [-0.2, 0) is 4.74 Å². The summed E-state index contributed by atoms with van der Waals surface area (Å²) in [6, 6.07) is 0.650. The maximum atomic E-state index is 5.97. The Bertz CT molecular complexity index is 298. The highest BCUT2D eigenvalue weighted by Crippen LogP contribution is 2.29. The van der Waals surface area contributed by atoms with E-state index < -0.39 is 0 Å². The molecule has 0 bridgehead atoms. The fourth-order valence-electron chi connectivity index (χ4n) is 3.43. The van der Waals surface area contributed by atoms with E-state index in [4.69, 9.17) is 4.74 Å². The lowest BCUT2D eigenvalue weighted by molar-refractivity contribution is -0.0564. The second-order valence-corrected chi connectivity index (χ2v) is 7.13. The summed E-state index contributed by atoms with van der Waals surface area (Å²) in [6.07, 6.45) is 3.36. The lowest BCUT2D eigenvalue weighted by Crippen LogP contribution is -2.53. The normalized spacial score (nSPS) is 31.1. The second-order valence-electron chi connectivity index (χ2n) is 7.13. The van der Waals surface area contributed by atoms with E-state index in [-0.39, 0.29) is 0 Å². The summed E-state index contributed by atoms with van der Waals surface area (Å²) in [5.74, 6) is 1.03. The zero-order chi connectivity index (χ0) is 13.9. The van der Waals surface area contributed by atoms with Crippen LogP contribution in [0.15, 0.2) is 0 Å². The van der Waals surface area contributed by atoms with Crippen LogP contribution >= 0.6 is 0 Å². The predicted octanol–water partition coefficient (Wildman–Crippen LogP) is 1.12. The third kappa shape index (κ3) is 4.17. The van der Waals surface area contributed by atoms with Crippen LogP contribution in [0.4, 0.5) is 0 Å². The molecule has 0 N–H and O–H groups in total. The van der Waals surface area contributed by atoms with E-state index in [1.165, 1.54) is 45.6 Å². The molecule has 1 saturated carbocycles. The first-order valence-electron chi connectivity index (χ1n) is 8.51. The van der Waals surface area contributed by atoms with Gasteiger partial charge in [-0.3, -0.25) is 9.80 Å². The third-order valence-electron chi connectivity index (χ3n) is 5.04. The highest BCUT2D eigenvalue weighted by atomic mass is 16.5. The van der Waals surface area contributed by atoms with Crippen molar-refractivity contribution in [3.05, 3.63) is 0 Å². The van der Waals surface area contributed by atoms with Gasteiger partial charge in [-0.15, -0.1) is 0 Å². The molecule has 2 saturated heterocycles. The number of morpholine rings is 1. The summed E-state index contributed by atoms with van der Waals surface area (Å²) >= 11 is 0. The van der Waals surface area contributed by atoms with Crippen LogP contribution in [0.1, 0.15) is 26.7 Å². The van der Waals surface area contributed by atoms with E-state index in [1.807, 2.05) is 0 Å². The number of nitrogens with zero attached hydrogens (tertiary/aromatic N) is 3. The van der Waals surface area contributed by atoms with E-state index >= 15 is 0 Å². The molecule has 0 aromatic rings. The van der Waals surface area contributed by atoms with Gasteiger partial charge in [-0.05, 0) is 32.6 Å². The highest BCUT2D eigenvalue weighted by Gasteiger charge is 2.28. The van der Waals surface area contributed by atoms with Gasteiger partial charge in [0.2, 0.25) is 0 Å². The fraction of sp³-hybridized carbons (Fsp3) is 1.00. The summed E-state index contributed by atoms with van der Waals surface area (Å²) in [7, 11) is 0. The van der Waals surface area contributed by atoms with E-state index in [0.717, 1.165) is 32.2 Å². The Morgan fingerprint density at radius 2 is 1.60 bits per heavy atom. The van der Waals surface area contributed by atoms with Gasteiger partial charge < -0.3 is 9.64 Å². The molecule has 0 aromatic heterocycles. The molecular formula is C16H31N3O. The molecule has 20 heavy (non-hydrogen) atoms. The molecular weight excluding hydrogens is 250 g/mol. The average Bonchev–Trinajstić information content (AvgIpc) is 3.25. The van der Waals surface area contributed by atoms with E-state index in [1.54, 1.807) is 0 Å². The lowest BCUT2D eigenvalue weighted by Gasteiger charge is -2.40. The molecule has 1 atom stereocenters. The Morgan fingerprint density at radius 1 is 0.950 bits per heavy atom. The van der Waals surface area contributed by atoms with Crippen molar-refractivity contribution in [1.82, 2.24) is 14.7 Å². The monoisotopic (exact) mass is 281 g/mol. The standard InChI is InChI=1S/C16H31N3O/c1-14(2)19-9-10-20-16(13-19)12-18-7-5-17(6-8-18)11-15-3-4-15/h14-16H,3-13H2,1-2H3/t16-/m1/s1. The number of rotatable bonds is 5. The van der Waals surface area contributed by atoms with Gasteiger partial charge in [0.1, 0.15) is 0 Å². The fourth-order valence-corrected chi connectivity index (χ4v) is 3.43. The van der Waals surface area contributed by atoms with Gasteiger partial charge in [0.25, 0.3) is 0 Å². The first-order valence-corrected chi connectivity index (χ1v) is 8.51. The van der Waals surface area contributed by atoms with Crippen molar-refractivity contribution >= 4 is 0 Å². The maximum Gasteiger partial charge on any atom is 0.0829 e. The van der Waals surface area contributed by atoms with Crippen molar-refractivity contribution < 1.29 is 4.74 Å². The molecule has 0 unspecified atom stereocenters. The van der Waals surface area contributed by atoms with Crippen LogP contribution in [0, 0.1) is 5.92 Å². The number of ether oxygens (including phenoxy) is 1. The van der Waals surface area contributed by atoms with E-state index in [2.05, 4.69) is 28.5 Å². The van der Waals surface area contributed by atoms with Crippen LogP contribution in [0.2, 0.25) is 0 Å². The van der Waals surface area contributed by atoms with Crippen molar-refractivity contribution in [1.29, 1.82) is 0 Å². The van der Waals surface area contributed by atoms with Gasteiger partial charge in [-0.1, -0.05) is 0 Å². The summed E-state index contributed by atoms with van der Waals surface area (Å²) in [5, 5.41) is 0. The molecule has 3 aliphatic rings. The summed E-state index contributed by atoms with van der Waals surface area (Å²) in [5.41, 5.74) is 0. The summed E-state index contributed by atoms with van der Waals surface area (Å²) in [6.45, 7) is 15.2. The van der Waals surface area contributed by atoms with Gasteiger partial charge in [0.05, 0.1) is 12.7 Å². The Labute approximate surface area is 124 Å². The number of hydrogen-bond donors (Lipinski definition) is 0. The minimum Gasteiger partial charge on any atom is -0.374 e. The minimum absolute atomic E-state index is 0.418. The zero-order valence-electron chi connectivity index (χ0n) is 13.3. The van der Waals surface area contributed by atoms with Crippen LogP contribution < -0.4 is 0 Å². The molecule has 4 heteroatoms. The van der Waals surface area contributed by atoms with Crippen LogP contribution in [0.5, 0.6) is 0 Å². The van der Waals surface area contributed by atoms with E-state index in [0.29, 0.717) is 12.1 Å². The van der Waals surface area contributed by atoms with Gasteiger partial charge in [0.15, 0.2) is 0 Å². The average molecular weight is 281 g/mol. The molecule has 4 nitrogen and oxygen atoms in total. The second kappa shape index (κ2) is 6.73. The van der Waals surface area contributed by atoms with Gasteiger partial charge in [-0.25, -0.2) is 0 Å². The van der Waals surface area contributed by atoms with E-state index in [9.17, 15) is 0 Å². The Morgan fingerprint density at radius 3 is 2.20 bits per heavy atom. The molecule has 2 heterocycles. The Kier molecular flexibility index (Phi) is 4.97. The van der Waals surface area contributed by atoms with Gasteiger partial charge >= 0.3 is 0 Å². The maximum absolute atomic E-state index is 5.97. The van der Waals surface area contributed by atoms with Gasteiger partial charge in [0, 0.05) is 58.4 Å². The quantitative estimate of drug-likeness (QED) is 0.752. The molecule has 3 rings (SSSR count). The van der Waals surface area contributed by atoms with Crippen LogP contribution in [-0.4, -0.2) is 85.8 Å². The predicted molar refractivity (Wildman–Crippen MR) is 82.1 cm³/mol. The van der Waals surface area contributed by atoms with Crippen molar-refractivity contribution in [2.24, 2.45) is 5.92 Å². The van der Waals surface area contributed by atoms with Crippen molar-refractivity contribution in [3.8, 4) is 0 Å². The topological polar surface area (TPSA) is 19.0 Å². The molecule has 0 radical (unpaired) electrons. The SMILES string of the molecule is CC(C)N1CCO[C@H](CN2CCN(CC3CC3)CC2)C1. The molecule has 0 aromatic carbocycles. The first kappa shape index (κ1) is 14.8. The first-order chi connectivity index (χ1) is 9.70. The number of piperazine rings is 1. The Balaban J connectivity index is 1.37. The molecule has 0 amide bonds.